The van der Waals surface area contributed by atoms with E-state index in [4.69, 9.17) is 0 Å². The van der Waals surface area contributed by atoms with E-state index in [0.717, 1.165) is 75.6 Å². The molecule has 1 aliphatic rings. The minimum atomic E-state index is 0.992. The molecule has 0 N–H and O–H groups in total. The molecule has 3 heteroatoms. The number of nitrogens with zero attached hydrogens (tertiary/aromatic N) is 2. The summed E-state index contributed by atoms with van der Waals surface area (Å²) in [7, 11) is 0. The van der Waals surface area contributed by atoms with Gasteiger partial charge in [0.2, 0.25) is 11.4 Å². The molecule has 742 valence electrons. The van der Waals surface area contributed by atoms with Crippen molar-refractivity contribution in [1.82, 2.24) is 0 Å². The van der Waals surface area contributed by atoms with E-state index in [-0.39, 0.29) is 0 Å². The fraction of sp³-hybridized carbons (Fsp3) is 0.839. The maximum atomic E-state index is 12.5. The number of unbranched alkanes of at least 4 members (excludes halogenated alkanes) is 84. The zero-order valence-corrected chi connectivity index (χ0v) is 88.4. The summed E-state index contributed by atoms with van der Waals surface area (Å²) in [6.45, 7) is 13.8. The van der Waals surface area contributed by atoms with Crippen LogP contribution in [-0.2, 0) is 27.3 Å². The fourth-order valence-corrected chi connectivity index (χ4v) is 21.2. The van der Waals surface area contributed by atoms with E-state index in [2.05, 4.69) is 129 Å². The molecule has 2 aromatic rings. The van der Waals surface area contributed by atoms with Crippen molar-refractivity contribution >= 4 is 11.4 Å². The fourth-order valence-electron chi connectivity index (χ4n) is 20.0. The van der Waals surface area contributed by atoms with Gasteiger partial charge in [0.05, 0.1) is 0 Å². The summed E-state index contributed by atoms with van der Waals surface area (Å²) in [5, 5.41) is 2.87. The van der Waals surface area contributed by atoms with E-state index in [0.29, 0.717) is 0 Å². The summed E-state index contributed by atoms with van der Waals surface area (Å²) in [5.74, 6) is 0. The van der Waals surface area contributed by atoms with Crippen LogP contribution in [0.15, 0.2) is 84.0 Å². The van der Waals surface area contributed by atoms with Gasteiger partial charge in [0.1, 0.15) is 0 Å². The summed E-state index contributed by atoms with van der Waals surface area (Å²) >= 11 is 2.05. The third-order valence-electron chi connectivity index (χ3n) is 28.6. The number of rotatable bonds is 102. The Kier molecular flexibility index (Phi) is 95.8. The van der Waals surface area contributed by atoms with Crippen molar-refractivity contribution < 1.29 is 19.1 Å². The topological polar surface area (TPSA) is 25.3 Å². The van der Waals surface area contributed by atoms with Crippen LogP contribution < -0.4 is 0 Å². The number of allylic oxidation sites excluding steroid dienone is 6. The molecule has 0 saturated heterocycles. The minimum absolute atomic E-state index is 0.992. The predicted octanol–water partition coefficient (Wildman–Crippen LogP) is 45.7. The molecule has 0 spiro atoms. The third-order valence-corrected chi connectivity index (χ3v) is 30.0. The van der Waals surface area contributed by atoms with E-state index >= 15 is 0 Å². The molecule has 1 aliphatic heterocycles. The van der Waals surface area contributed by atoms with Crippen LogP contribution in [0.2, 0.25) is 10.8 Å². The molecule has 0 unspecified atom stereocenters. The van der Waals surface area contributed by atoms with Crippen LogP contribution in [0.3, 0.4) is 0 Å². The van der Waals surface area contributed by atoms with Gasteiger partial charge in [-0.05, 0) is 100 Å². The Labute approximate surface area is 805 Å². The third kappa shape index (κ3) is 77.4. The first kappa shape index (κ1) is 121. The van der Waals surface area contributed by atoms with Crippen molar-refractivity contribution in [3.8, 4) is 0 Å². The van der Waals surface area contributed by atoms with Crippen molar-refractivity contribution in [3.63, 3.8) is 0 Å². The molecule has 0 saturated carbocycles. The van der Waals surface area contributed by atoms with Crippen LogP contribution in [0.25, 0.3) is 16.9 Å². The van der Waals surface area contributed by atoms with Gasteiger partial charge >= 0.3 is 166 Å². The van der Waals surface area contributed by atoms with Gasteiger partial charge in [-0.1, -0.05) is 500 Å². The van der Waals surface area contributed by atoms with E-state index < -0.39 is 0 Å². The minimum Gasteiger partial charge on any atom is -0.0654 e. The summed E-state index contributed by atoms with van der Waals surface area (Å²) in [6, 6.07) is 17.9. The molecular weight excluding hydrogens is 1580 g/mol. The molecule has 0 fully saturated rings. The Balaban J connectivity index is 0.000000933. The van der Waals surface area contributed by atoms with Crippen LogP contribution in [0, 0.1) is 0 Å². The standard InChI is InChI=1S/C74H124N2.2C25H51.Ni/c1-5-9-13-15-17-19-21-23-25-27-29-31-33-35-37-39-41-43-45-47-49-51-53-59-67-61-55-57-65-69(67)73-71(63-11-7-3)72(64-12-8-4)74(76(73)75)70-66-58-56-62-68(70)60-54-52-50-48-46-44-42-40-38-36-34-32-30-28-26-24-22-20-18-16-14-10-6-2;2*1-3-5-7-9-11-13-15-17-19-21-23-25-24-22-20-18-16-14-12-10-8-6-4-2;/h49-52,55-58,61-62,65-66H,5-48,53-54,59-60,63-64H2,1-4H3;2*1,3-25H2,2H3;. The Hall–Kier alpha value is -2.51. The number of aryl methyl sites for hydroxylation is 2. The average molecular weight is 1800 g/mol. The first-order valence-corrected chi connectivity index (χ1v) is 60.4. The van der Waals surface area contributed by atoms with Gasteiger partial charge in [-0.25, -0.2) is 4.70 Å². The van der Waals surface area contributed by atoms with Crippen molar-refractivity contribution in [1.29, 1.82) is 0 Å². The Morgan fingerprint density at radius 3 is 0.551 bits per heavy atom. The van der Waals surface area contributed by atoms with Gasteiger partial charge in [0, 0.05) is 22.3 Å². The molecule has 0 amide bonds. The second kappa shape index (κ2) is 101. The van der Waals surface area contributed by atoms with Gasteiger partial charge in [0.25, 0.3) is 0 Å². The zero-order chi connectivity index (χ0) is 90.7. The summed E-state index contributed by atoms with van der Waals surface area (Å²) in [6.07, 6.45) is 145. The van der Waals surface area contributed by atoms with Crippen molar-refractivity contribution in [2.24, 2.45) is 0 Å². The second-order valence-electron chi connectivity index (χ2n) is 40.8. The van der Waals surface area contributed by atoms with Gasteiger partial charge < -0.3 is 5.53 Å². The van der Waals surface area contributed by atoms with Crippen LogP contribution >= 0.6 is 0 Å². The van der Waals surface area contributed by atoms with E-state index in [1.807, 2.05) is 0 Å². The molecule has 0 radical (unpaired) electrons. The molecule has 127 heavy (non-hydrogen) atoms. The van der Waals surface area contributed by atoms with Crippen molar-refractivity contribution in [3.05, 3.63) is 112 Å². The smallest absolute Gasteiger partial charge is 0.0654 e. The first-order valence-electron chi connectivity index (χ1n) is 59.0. The molecule has 3 rings (SSSR count). The molecule has 0 atom stereocenters. The van der Waals surface area contributed by atoms with Crippen LogP contribution in [0.5, 0.6) is 0 Å². The van der Waals surface area contributed by atoms with E-state index in [1.165, 1.54) is 596 Å². The van der Waals surface area contributed by atoms with E-state index in [1.54, 1.807) is 4.70 Å². The van der Waals surface area contributed by atoms with Crippen LogP contribution in [0.4, 0.5) is 0 Å². The van der Waals surface area contributed by atoms with Crippen molar-refractivity contribution in [2.45, 2.75) is 669 Å². The Morgan fingerprint density at radius 1 is 0.189 bits per heavy atom. The first-order chi connectivity index (χ1) is 63.1. The van der Waals surface area contributed by atoms with Gasteiger partial charge in [-0.3, -0.25) is 0 Å². The molecule has 2 aromatic carbocycles. The number of benzene rings is 2. The quantitative estimate of drug-likeness (QED) is 0.0273. The number of hydrogen-bond donors (Lipinski definition) is 0. The molecule has 0 aliphatic carbocycles. The van der Waals surface area contributed by atoms with Crippen LogP contribution in [0.1, 0.15) is 667 Å². The zero-order valence-electron chi connectivity index (χ0n) is 87.4. The summed E-state index contributed by atoms with van der Waals surface area (Å²) in [4.78, 5) is 0. The summed E-state index contributed by atoms with van der Waals surface area (Å²) in [5.41, 5.74) is 22.5. The normalized spacial score (nSPS) is 12.5. The Bertz CT molecular complexity index is 2490. The number of hydrogen-bond acceptors (Lipinski definition) is 0. The van der Waals surface area contributed by atoms with Gasteiger partial charge in [-0.2, -0.15) is 0 Å². The average Bonchev–Trinajstić information content (AvgIpc) is 1.60. The van der Waals surface area contributed by atoms with Crippen LogP contribution in [-0.4, -0.2) is 4.70 Å². The molecule has 0 bridgehead atoms. The molecule has 2 nitrogen and oxygen atoms in total. The second-order valence-corrected chi connectivity index (χ2v) is 42.3. The van der Waals surface area contributed by atoms with E-state index in [9.17, 15) is 5.53 Å². The Morgan fingerprint density at radius 2 is 0.354 bits per heavy atom. The van der Waals surface area contributed by atoms with Gasteiger partial charge in [-0.15, -0.1) is 0 Å². The molecule has 1 heterocycles. The predicted molar refractivity (Wildman–Crippen MR) is 574 cm³/mol. The SMILES string of the molecule is CCCCCCCCCCCCCCCCCCCCCC=CCCc1ccccc1C1=C(CCCC)C(CCCC)=C(c2ccccc2CCC=CCCCCCCCCCCCCCCCCCCCCC)[N+]1=[N-].CCCCCCCCCCCCCCCCCCCCCCCC[CH2][Ni][CH2]CCCCCCCCCCCCCCCCCCCCCCCC. The van der Waals surface area contributed by atoms with Crippen molar-refractivity contribution in [2.75, 3.05) is 0 Å². The molecular formula is C124H226N2Ni. The van der Waals surface area contributed by atoms with Gasteiger partial charge in [0.15, 0.2) is 0 Å². The molecule has 0 aromatic heterocycles. The summed E-state index contributed by atoms with van der Waals surface area (Å²) < 4.78 is 1.64. The monoisotopic (exact) mass is 1800 g/mol. The maximum absolute atomic E-state index is 12.5.